The van der Waals surface area contributed by atoms with E-state index in [1.54, 1.807) is 42.8 Å². The number of halogens is 1. The average molecular weight is 423 g/mol. The zero-order valence-corrected chi connectivity index (χ0v) is 17.0. The number of thiazole rings is 1. The molecule has 0 saturated heterocycles. The molecule has 152 valence electrons. The highest BCUT2D eigenvalue weighted by Crippen LogP contribution is 2.24. The van der Waals surface area contributed by atoms with E-state index in [1.165, 1.54) is 28.0 Å². The first-order valence-corrected chi connectivity index (χ1v) is 10.2. The number of fused-ring (bicyclic) bond motifs is 1. The summed E-state index contributed by atoms with van der Waals surface area (Å²) < 4.78 is 19.8. The molecule has 0 aliphatic rings. The second-order valence-electron chi connectivity index (χ2n) is 6.72. The molecule has 0 aliphatic carbocycles. The van der Waals surface area contributed by atoms with Gasteiger partial charge in [0.05, 0.1) is 23.0 Å². The molecule has 0 saturated carbocycles. The van der Waals surface area contributed by atoms with Crippen LogP contribution in [0.3, 0.4) is 0 Å². The number of esters is 1. The van der Waals surface area contributed by atoms with Crippen LogP contribution in [0.15, 0.2) is 58.7 Å². The standard InChI is InChI=1S/C22H18FN3O3S/c1-26-19(25-18-5-3-2-4-17(18)22(26)28)10-11-20(27)29-12-16-13-30-21(24-16)14-6-8-15(23)9-7-14/h2-9,13H,10-12H2,1H3. The first kappa shape index (κ1) is 19.9. The summed E-state index contributed by atoms with van der Waals surface area (Å²) in [5.41, 5.74) is 1.91. The zero-order valence-electron chi connectivity index (χ0n) is 16.2. The zero-order chi connectivity index (χ0) is 21.1. The fraction of sp³-hybridized carbons (Fsp3) is 0.182. The van der Waals surface area contributed by atoms with Gasteiger partial charge in [0.2, 0.25) is 0 Å². The Labute approximate surface area is 175 Å². The maximum absolute atomic E-state index is 13.0. The Morgan fingerprint density at radius 1 is 1.13 bits per heavy atom. The average Bonchev–Trinajstić information content (AvgIpc) is 3.23. The number of aromatic nitrogens is 3. The van der Waals surface area contributed by atoms with Gasteiger partial charge in [-0.2, -0.15) is 0 Å². The summed E-state index contributed by atoms with van der Waals surface area (Å²) in [6, 6.07) is 13.2. The molecule has 4 rings (SSSR count). The second kappa shape index (κ2) is 8.54. The Balaban J connectivity index is 1.36. The van der Waals surface area contributed by atoms with Crippen molar-refractivity contribution in [2.24, 2.45) is 7.05 Å². The van der Waals surface area contributed by atoms with Crippen LogP contribution in [0.25, 0.3) is 21.5 Å². The molecule has 4 aromatic rings. The van der Waals surface area contributed by atoms with E-state index in [2.05, 4.69) is 9.97 Å². The molecule has 0 atom stereocenters. The number of nitrogens with zero attached hydrogens (tertiary/aromatic N) is 3. The lowest BCUT2D eigenvalue weighted by molar-refractivity contribution is -0.145. The first-order valence-electron chi connectivity index (χ1n) is 9.32. The lowest BCUT2D eigenvalue weighted by Gasteiger charge is -2.09. The number of hydrogen-bond donors (Lipinski definition) is 0. The predicted molar refractivity (Wildman–Crippen MR) is 113 cm³/mol. The Morgan fingerprint density at radius 2 is 1.90 bits per heavy atom. The van der Waals surface area contributed by atoms with E-state index in [1.807, 2.05) is 6.07 Å². The molecule has 0 amide bonds. The van der Waals surface area contributed by atoms with Crippen molar-refractivity contribution < 1.29 is 13.9 Å². The molecule has 0 bridgehead atoms. The summed E-state index contributed by atoms with van der Waals surface area (Å²) >= 11 is 1.40. The smallest absolute Gasteiger partial charge is 0.306 e. The van der Waals surface area contributed by atoms with Crippen molar-refractivity contribution in [3.63, 3.8) is 0 Å². The summed E-state index contributed by atoms with van der Waals surface area (Å²) in [6.45, 7) is 0.0562. The van der Waals surface area contributed by atoms with Gasteiger partial charge in [-0.25, -0.2) is 14.4 Å². The molecule has 8 heteroatoms. The Bertz CT molecular complexity index is 1260. The van der Waals surface area contributed by atoms with Crippen LogP contribution < -0.4 is 5.56 Å². The maximum Gasteiger partial charge on any atom is 0.306 e. The van der Waals surface area contributed by atoms with E-state index < -0.39 is 5.97 Å². The van der Waals surface area contributed by atoms with E-state index in [0.29, 0.717) is 28.8 Å². The molecule has 2 aromatic heterocycles. The quantitative estimate of drug-likeness (QED) is 0.440. The summed E-state index contributed by atoms with van der Waals surface area (Å²) in [5, 5.41) is 3.09. The number of benzene rings is 2. The molecule has 0 N–H and O–H groups in total. The van der Waals surface area contributed by atoms with E-state index >= 15 is 0 Å². The van der Waals surface area contributed by atoms with Crippen LogP contribution in [0.5, 0.6) is 0 Å². The summed E-state index contributed by atoms with van der Waals surface area (Å²) in [4.78, 5) is 33.5. The van der Waals surface area contributed by atoms with Crippen LogP contribution in [0.4, 0.5) is 4.39 Å². The van der Waals surface area contributed by atoms with Crippen LogP contribution in [0.2, 0.25) is 0 Å². The van der Waals surface area contributed by atoms with E-state index in [9.17, 15) is 14.0 Å². The van der Waals surface area contributed by atoms with Gasteiger partial charge in [0.15, 0.2) is 0 Å². The molecule has 0 spiro atoms. The lowest BCUT2D eigenvalue weighted by Crippen LogP contribution is -2.23. The monoisotopic (exact) mass is 423 g/mol. The fourth-order valence-corrected chi connectivity index (χ4v) is 3.84. The first-order chi connectivity index (χ1) is 14.5. The van der Waals surface area contributed by atoms with Gasteiger partial charge in [-0.15, -0.1) is 11.3 Å². The van der Waals surface area contributed by atoms with Gasteiger partial charge < -0.3 is 4.74 Å². The topological polar surface area (TPSA) is 74.1 Å². The molecule has 2 heterocycles. The highest BCUT2D eigenvalue weighted by molar-refractivity contribution is 7.13. The number of para-hydroxylation sites is 1. The van der Waals surface area contributed by atoms with Gasteiger partial charge in [0.25, 0.3) is 5.56 Å². The maximum atomic E-state index is 13.0. The Kier molecular flexibility index (Phi) is 5.67. The highest BCUT2D eigenvalue weighted by Gasteiger charge is 2.12. The fourth-order valence-electron chi connectivity index (χ4n) is 3.03. The molecule has 30 heavy (non-hydrogen) atoms. The van der Waals surface area contributed by atoms with Gasteiger partial charge >= 0.3 is 5.97 Å². The van der Waals surface area contributed by atoms with Crippen LogP contribution in [0.1, 0.15) is 17.9 Å². The van der Waals surface area contributed by atoms with Crippen LogP contribution in [-0.2, 0) is 29.6 Å². The van der Waals surface area contributed by atoms with E-state index in [0.717, 1.165) is 10.6 Å². The van der Waals surface area contributed by atoms with E-state index in [-0.39, 0.29) is 24.4 Å². The molecule has 0 radical (unpaired) electrons. The number of hydrogen-bond acceptors (Lipinski definition) is 6. The Morgan fingerprint density at radius 3 is 2.70 bits per heavy atom. The van der Waals surface area contributed by atoms with Crippen LogP contribution in [-0.4, -0.2) is 20.5 Å². The molecule has 0 aliphatic heterocycles. The summed E-state index contributed by atoms with van der Waals surface area (Å²) in [5.74, 6) is -0.167. The lowest BCUT2D eigenvalue weighted by atomic mass is 10.2. The number of aryl methyl sites for hydroxylation is 1. The molecular formula is C22H18FN3O3S. The predicted octanol–water partition coefficient (Wildman–Crippen LogP) is 3.87. The van der Waals surface area contributed by atoms with Crippen LogP contribution in [0, 0.1) is 5.82 Å². The SMILES string of the molecule is Cn1c(CCC(=O)OCc2csc(-c3ccc(F)cc3)n2)nc2ccccc2c1=O. The van der Waals surface area contributed by atoms with Crippen molar-refractivity contribution in [2.75, 3.05) is 0 Å². The third-order valence-electron chi connectivity index (χ3n) is 4.65. The van der Waals surface area contributed by atoms with Gasteiger partial charge in [0, 0.05) is 24.4 Å². The minimum absolute atomic E-state index is 0.0562. The van der Waals surface area contributed by atoms with Crippen molar-refractivity contribution in [2.45, 2.75) is 19.4 Å². The van der Waals surface area contributed by atoms with Crippen molar-refractivity contribution in [1.82, 2.24) is 14.5 Å². The summed E-state index contributed by atoms with van der Waals surface area (Å²) in [6.07, 6.45) is 0.404. The van der Waals surface area contributed by atoms with Gasteiger partial charge in [0.1, 0.15) is 23.3 Å². The number of carbonyl (C=O) groups is 1. The van der Waals surface area contributed by atoms with Gasteiger partial charge in [-0.1, -0.05) is 12.1 Å². The van der Waals surface area contributed by atoms with E-state index in [4.69, 9.17) is 4.74 Å². The van der Waals surface area contributed by atoms with Crippen molar-refractivity contribution in [3.8, 4) is 10.6 Å². The third kappa shape index (κ3) is 4.28. The largest absolute Gasteiger partial charge is 0.459 e. The minimum Gasteiger partial charge on any atom is -0.459 e. The molecule has 0 unspecified atom stereocenters. The number of ether oxygens (including phenoxy) is 1. The highest BCUT2D eigenvalue weighted by atomic mass is 32.1. The second-order valence-corrected chi connectivity index (χ2v) is 7.58. The van der Waals surface area contributed by atoms with Crippen LogP contribution >= 0.6 is 11.3 Å². The molecule has 2 aromatic carbocycles. The number of carbonyl (C=O) groups excluding carboxylic acids is 1. The Hall–Kier alpha value is -3.39. The van der Waals surface area contributed by atoms with Crippen molar-refractivity contribution in [3.05, 3.63) is 81.6 Å². The van der Waals surface area contributed by atoms with Crippen molar-refractivity contribution in [1.29, 1.82) is 0 Å². The molecule has 6 nitrogen and oxygen atoms in total. The normalized spacial score (nSPS) is 11.0. The van der Waals surface area contributed by atoms with Gasteiger partial charge in [-0.3, -0.25) is 14.2 Å². The summed E-state index contributed by atoms with van der Waals surface area (Å²) in [7, 11) is 1.65. The third-order valence-corrected chi connectivity index (χ3v) is 5.59. The van der Waals surface area contributed by atoms with Gasteiger partial charge in [-0.05, 0) is 36.4 Å². The van der Waals surface area contributed by atoms with Crippen molar-refractivity contribution >= 4 is 28.2 Å². The minimum atomic E-state index is -0.395. The molecular weight excluding hydrogens is 405 g/mol. The molecule has 0 fully saturated rings. The number of rotatable bonds is 6.